The number of hydrogen-bond acceptors (Lipinski definition) is 5. The molecule has 0 radical (unpaired) electrons. The van der Waals surface area contributed by atoms with Crippen molar-refractivity contribution in [3.8, 4) is 22.8 Å². The second kappa shape index (κ2) is 7.15. The van der Waals surface area contributed by atoms with Crippen molar-refractivity contribution in [1.29, 1.82) is 0 Å². The Labute approximate surface area is 157 Å². The van der Waals surface area contributed by atoms with Gasteiger partial charge in [0.25, 0.3) is 5.91 Å². The first-order valence-corrected chi connectivity index (χ1v) is 8.85. The fourth-order valence-corrected chi connectivity index (χ4v) is 3.11. The number of nitrogens with zero attached hydrogens (tertiary/aromatic N) is 1. The maximum atomic E-state index is 12.9. The number of aromatic nitrogens is 1. The largest absolute Gasteiger partial charge is 0.486 e. The Bertz CT molecular complexity index is 966. The Morgan fingerprint density at radius 2 is 1.81 bits per heavy atom. The summed E-state index contributed by atoms with van der Waals surface area (Å²) >= 11 is 0. The number of benzene rings is 2. The van der Waals surface area contributed by atoms with Crippen molar-refractivity contribution in [3.63, 3.8) is 0 Å². The van der Waals surface area contributed by atoms with Crippen LogP contribution in [-0.4, -0.2) is 24.3 Å². The van der Waals surface area contributed by atoms with Crippen molar-refractivity contribution in [2.45, 2.75) is 19.9 Å². The lowest BCUT2D eigenvalue weighted by Crippen LogP contribution is -2.27. The van der Waals surface area contributed by atoms with Gasteiger partial charge in [-0.05, 0) is 31.5 Å². The van der Waals surface area contributed by atoms with Crippen LogP contribution in [0.2, 0.25) is 0 Å². The van der Waals surface area contributed by atoms with Crippen LogP contribution < -0.4 is 14.8 Å². The maximum absolute atomic E-state index is 12.9. The van der Waals surface area contributed by atoms with Gasteiger partial charge >= 0.3 is 0 Å². The van der Waals surface area contributed by atoms with E-state index in [-0.39, 0.29) is 11.9 Å². The summed E-state index contributed by atoms with van der Waals surface area (Å²) in [7, 11) is 0. The monoisotopic (exact) mass is 364 g/mol. The average Bonchev–Trinajstić information content (AvgIpc) is 3.09. The molecule has 1 amide bonds. The minimum Gasteiger partial charge on any atom is -0.486 e. The molecule has 27 heavy (non-hydrogen) atoms. The molecule has 0 aliphatic carbocycles. The predicted octanol–water partition coefficient (Wildman–Crippen LogP) is 3.91. The molecule has 0 bridgehead atoms. The van der Waals surface area contributed by atoms with E-state index >= 15 is 0 Å². The number of fused-ring (bicyclic) bond motifs is 1. The number of amides is 1. The molecule has 2 aromatic carbocycles. The van der Waals surface area contributed by atoms with Gasteiger partial charge in [0.1, 0.15) is 30.2 Å². The molecular weight excluding hydrogens is 344 g/mol. The molecule has 0 saturated carbocycles. The number of nitrogens with one attached hydrogen (secondary N) is 1. The highest BCUT2D eigenvalue weighted by Gasteiger charge is 2.23. The van der Waals surface area contributed by atoms with E-state index in [4.69, 9.17) is 14.0 Å². The molecule has 0 spiro atoms. The fourth-order valence-electron chi connectivity index (χ4n) is 3.11. The molecule has 138 valence electrons. The molecule has 3 aromatic rings. The van der Waals surface area contributed by atoms with E-state index in [0.717, 1.165) is 16.9 Å². The van der Waals surface area contributed by atoms with Crippen molar-refractivity contribution >= 4 is 5.91 Å². The Kier molecular flexibility index (Phi) is 4.54. The second-order valence-electron chi connectivity index (χ2n) is 6.43. The molecular formula is C21H20N2O4. The minimum atomic E-state index is -0.227. The molecule has 1 aromatic heterocycles. The van der Waals surface area contributed by atoms with E-state index in [0.29, 0.717) is 36.0 Å². The van der Waals surface area contributed by atoms with E-state index in [9.17, 15) is 4.79 Å². The molecule has 6 heteroatoms. The number of rotatable bonds is 4. The Morgan fingerprint density at radius 3 is 2.59 bits per heavy atom. The van der Waals surface area contributed by atoms with E-state index in [1.54, 1.807) is 6.92 Å². The van der Waals surface area contributed by atoms with Crippen LogP contribution in [0.5, 0.6) is 11.5 Å². The first-order chi connectivity index (χ1) is 13.1. The van der Waals surface area contributed by atoms with E-state index < -0.39 is 0 Å². The zero-order valence-corrected chi connectivity index (χ0v) is 15.2. The molecule has 1 atom stereocenters. The summed E-state index contributed by atoms with van der Waals surface area (Å²) in [5.74, 6) is 1.69. The van der Waals surface area contributed by atoms with Gasteiger partial charge in [0.05, 0.1) is 6.04 Å². The quantitative estimate of drug-likeness (QED) is 0.760. The lowest BCUT2D eigenvalue weighted by atomic mass is 10.0. The SMILES string of the molecule is Cc1onc(-c2ccccc2)c1C(=O)N[C@H](C)c1ccc2c(c1)OCCO2. The number of carbonyl (C=O) groups is 1. The van der Waals surface area contributed by atoms with Gasteiger partial charge in [-0.1, -0.05) is 41.6 Å². The first kappa shape index (κ1) is 17.1. The topological polar surface area (TPSA) is 73.6 Å². The normalized spacial score (nSPS) is 13.9. The summed E-state index contributed by atoms with van der Waals surface area (Å²) < 4.78 is 16.5. The first-order valence-electron chi connectivity index (χ1n) is 8.85. The summed E-state index contributed by atoms with van der Waals surface area (Å²) in [6, 6.07) is 15.0. The number of aryl methyl sites for hydroxylation is 1. The van der Waals surface area contributed by atoms with Gasteiger partial charge in [-0.25, -0.2) is 0 Å². The van der Waals surface area contributed by atoms with Crippen molar-refractivity contribution in [2.75, 3.05) is 13.2 Å². The lowest BCUT2D eigenvalue weighted by molar-refractivity contribution is 0.0938. The minimum absolute atomic E-state index is 0.216. The van der Waals surface area contributed by atoms with Crippen LogP contribution in [0.4, 0.5) is 0 Å². The highest BCUT2D eigenvalue weighted by atomic mass is 16.6. The molecule has 4 rings (SSSR count). The third-order valence-electron chi connectivity index (χ3n) is 4.55. The van der Waals surface area contributed by atoms with Gasteiger partial charge in [0, 0.05) is 5.56 Å². The maximum Gasteiger partial charge on any atom is 0.257 e. The fraction of sp³-hybridized carbons (Fsp3) is 0.238. The Hall–Kier alpha value is -3.28. The molecule has 6 nitrogen and oxygen atoms in total. The van der Waals surface area contributed by atoms with Crippen LogP contribution in [0.1, 0.15) is 34.6 Å². The molecule has 0 saturated heterocycles. The summed E-state index contributed by atoms with van der Waals surface area (Å²) in [6.07, 6.45) is 0. The molecule has 1 aliphatic rings. The van der Waals surface area contributed by atoms with Crippen molar-refractivity contribution in [2.24, 2.45) is 0 Å². The number of ether oxygens (including phenoxy) is 2. The van der Waals surface area contributed by atoms with E-state index in [2.05, 4.69) is 10.5 Å². The van der Waals surface area contributed by atoms with E-state index in [1.807, 2.05) is 55.5 Å². The molecule has 2 heterocycles. The van der Waals surface area contributed by atoms with Gasteiger partial charge in [0.15, 0.2) is 11.5 Å². The van der Waals surface area contributed by atoms with Crippen LogP contribution in [0.25, 0.3) is 11.3 Å². The van der Waals surface area contributed by atoms with Crippen LogP contribution in [0.3, 0.4) is 0 Å². The van der Waals surface area contributed by atoms with Crippen LogP contribution in [0.15, 0.2) is 53.1 Å². The van der Waals surface area contributed by atoms with E-state index in [1.165, 1.54) is 0 Å². The molecule has 1 aliphatic heterocycles. The summed E-state index contributed by atoms with van der Waals surface area (Å²) in [5.41, 5.74) is 2.76. The molecule has 0 fully saturated rings. The molecule has 1 N–H and O–H groups in total. The lowest BCUT2D eigenvalue weighted by Gasteiger charge is -2.21. The second-order valence-corrected chi connectivity index (χ2v) is 6.43. The smallest absolute Gasteiger partial charge is 0.257 e. The highest BCUT2D eigenvalue weighted by molar-refractivity contribution is 6.00. The van der Waals surface area contributed by atoms with Gasteiger partial charge in [0.2, 0.25) is 0 Å². The Morgan fingerprint density at radius 1 is 1.07 bits per heavy atom. The van der Waals surface area contributed by atoms with Gasteiger partial charge in [-0.15, -0.1) is 0 Å². The summed E-state index contributed by atoms with van der Waals surface area (Å²) in [5, 5.41) is 7.09. The predicted molar refractivity (Wildman–Crippen MR) is 100.0 cm³/mol. The average molecular weight is 364 g/mol. The van der Waals surface area contributed by atoms with Crippen molar-refractivity contribution in [3.05, 3.63) is 65.4 Å². The van der Waals surface area contributed by atoms with Crippen molar-refractivity contribution < 1.29 is 18.8 Å². The van der Waals surface area contributed by atoms with Gasteiger partial charge < -0.3 is 19.3 Å². The zero-order chi connectivity index (χ0) is 18.8. The van der Waals surface area contributed by atoms with Crippen LogP contribution in [0, 0.1) is 6.92 Å². The van der Waals surface area contributed by atoms with Crippen LogP contribution >= 0.6 is 0 Å². The third kappa shape index (κ3) is 3.38. The summed E-state index contributed by atoms with van der Waals surface area (Å²) in [6.45, 7) is 4.74. The highest BCUT2D eigenvalue weighted by Crippen LogP contribution is 2.33. The number of carbonyl (C=O) groups excluding carboxylic acids is 1. The molecule has 0 unspecified atom stereocenters. The third-order valence-corrected chi connectivity index (χ3v) is 4.55. The number of hydrogen-bond donors (Lipinski definition) is 1. The zero-order valence-electron chi connectivity index (χ0n) is 15.2. The summed E-state index contributed by atoms with van der Waals surface area (Å²) in [4.78, 5) is 12.9. The van der Waals surface area contributed by atoms with Crippen LogP contribution in [-0.2, 0) is 0 Å². The standard InChI is InChI=1S/C21H20N2O4/c1-13(16-8-9-17-18(12-16)26-11-10-25-17)22-21(24)19-14(2)27-23-20(19)15-6-4-3-5-7-15/h3-9,12-13H,10-11H2,1-2H3,(H,22,24)/t13-/m1/s1. The Balaban J connectivity index is 1.57. The van der Waals surface area contributed by atoms with Gasteiger partial charge in [-0.3, -0.25) is 4.79 Å². The van der Waals surface area contributed by atoms with Gasteiger partial charge in [-0.2, -0.15) is 0 Å². The van der Waals surface area contributed by atoms with Crippen molar-refractivity contribution in [1.82, 2.24) is 10.5 Å².